The van der Waals surface area contributed by atoms with Crippen molar-refractivity contribution in [3.05, 3.63) is 24.0 Å². The van der Waals surface area contributed by atoms with E-state index in [1.54, 1.807) is 12.3 Å². The van der Waals surface area contributed by atoms with Gasteiger partial charge in [0.2, 0.25) is 0 Å². The number of pyridine rings is 1. The fourth-order valence-electron chi connectivity index (χ4n) is 1.57. The van der Waals surface area contributed by atoms with E-state index in [2.05, 4.69) is 10.3 Å². The van der Waals surface area contributed by atoms with Crippen LogP contribution in [0.1, 0.15) is 30.1 Å². The molecule has 1 atom stereocenters. The molecule has 1 aromatic heterocycles. The fraction of sp³-hybridized carbons (Fsp3) is 0.500. The molecule has 5 heteroatoms. The van der Waals surface area contributed by atoms with Gasteiger partial charge in [0.1, 0.15) is 5.75 Å². The molecule has 1 heterocycles. The quantitative estimate of drug-likeness (QED) is 0.772. The molecule has 0 spiro atoms. The van der Waals surface area contributed by atoms with Crippen molar-refractivity contribution in [1.82, 2.24) is 10.3 Å². The van der Waals surface area contributed by atoms with Crippen molar-refractivity contribution in [3.63, 3.8) is 0 Å². The highest BCUT2D eigenvalue weighted by molar-refractivity contribution is 5.96. The maximum Gasteiger partial charge on any atom is 0.255 e. The van der Waals surface area contributed by atoms with Crippen LogP contribution in [0.25, 0.3) is 0 Å². The number of nitrogens with one attached hydrogen (secondary N) is 1. The number of rotatable bonds is 6. The van der Waals surface area contributed by atoms with Crippen molar-refractivity contribution in [3.8, 4) is 5.75 Å². The van der Waals surface area contributed by atoms with Crippen LogP contribution in [-0.2, 0) is 0 Å². The van der Waals surface area contributed by atoms with Crippen LogP contribution in [0, 0.1) is 0 Å². The Morgan fingerprint density at radius 2 is 2.41 bits per heavy atom. The molecule has 0 aromatic carbocycles. The van der Waals surface area contributed by atoms with Crippen LogP contribution in [-0.4, -0.2) is 30.6 Å². The number of amides is 1. The van der Waals surface area contributed by atoms with Gasteiger partial charge in [0.15, 0.2) is 0 Å². The molecule has 0 radical (unpaired) electrons. The fourth-order valence-corrected chi connectivity index (χ4v) is 1.57. The maximum atomic E-state index is 12.0. The van der Waals surface area contributed by atoms with Gasteiger partial charge in [0, 0.05) is 12.2 Å². The Bertz CT molecular complexity index is 369. The van der Waals surface area contributed by atoms with Crippen LogP contribution in [0.2, 0.25) is 0 Å². The first kappa shape index (κ1) is 13.4. The summed E-state index contributed by atoms with van der Waals surface area (Å²) in [4.78, 5) is 15.9. The number of aromatic nitrogens is 1. The molecule has 1 rings (SSSR count). The lowest BCUT2D eigenvalue weighted by molar-refractivity contribution is 0.0931. The van der Waals surface area contributed by atoms with Gasteiger partial charge < -0.3 is 15.8 Å². The minimum atomic E-state index is -0.149. The molecule has 1 amide bonds. The molecular formula is C12H19N3O2. The predicted octanol–water partition coefficient (Wildman–Crippen LogP) is 0.947. The zero-order chi connectivity index (χ0) is 12.7. The number of carbonyl (C=O) groups is 1. The second kappa shape index (κ2) is 6.85. The molecule has 0 aliphatic carbocycles. The predicted molar refractivity (Wildman–Crippen MR) is 66.0 cm³/mol. The van der Waals surface area contributed by atoms with Crippen LogP contribution >= 0.6 is 0 Å². The lowest BCUT2D eigenvalue weighted by Gasteiger charge is -2.16. The van der Waals surface area contributed by atoms with Crippen LogP contribution in [0.5, 0.6) is 5.75 Å². The van der Waals surface area contributed by atoms with E-state index < -0.39 is 0 Å². The third-order valence-electron chi connectivity index (χ3n) is 2.59. The number of nitrogens with zero attached hydrogens (tertiary/aromatic N) is 1. The Labute approximate surface area is 101 Å². The van der Waals surface area contributed by atoms with Crippen LogP contribution in [0.3, 0.4) is 0 Å². The molecule has 17 heavy (non-hydrogen) atoms. The lowest BCUT2D eigenvalue weighted by Crippen LogP contribution is -2.36. The molecule has 94 valence electrons. The Balaban J connectivity index is 2.75. The zero-order valence-electron chi connectivity index (χ0n) is 10.3. The summed E-state index contributed by atoms with van der Waals surface area (Å²) in [5, 5.41) is 2.93. The molecular weight excluding hydrogens is 218 g/mol. The SMILES string of the molecule is CCC(CCN)NC(=O)c1ccncc1OC. The standard InChI is InChI=1S/C12H19N3O2/c1-3-9(4-6-13)15-12(16)10-5-7-14-8-11(10)17-2/h5,7-9H,3-4,6,13H2,1-2H3,(H,15,16). The summed E-state index contributed by atoms with van der Waals surface area (Å²) >= 11 is 0. The second-order valence-electron chi connectivity index (χ2n) is 3.73. The largest absolute Gasteiger partial charge is 0.494 e. The normalized spacial score (nSPS) is 11.9. The number of nitrogens with two attached hydrogens (primary N) is 1. The molecule has 0 aliphatic heterocycles. The molecule has 0 saturated heterocycles. The zero-order valence-corrected chi connectivity index (χ0v) is 10.3. The van der Waals surface area contributed by atoms with E-state index in [0.717, 1.165) is 12.8 Å². The van der Waals surface area contributed by atoms with Crippen LogP contribution < -0.4 is 15.8 Å². The van der Waals surface area contributed by atoms with E-state index in [-0.39, 0.29) is 11.9 Å². The molecule has 5 nitrogen and oxygen atoms in total. The van der Waals surface area contributed by atoms with Gasteiger partial charge in [-0.05, 0) is 25.5 Å². The summed E-state index contributed by atoms with van der Waals surface area (Å²) in [6.45, 7) is 2.58. The summed E-state index contributed by atoms with van der Waals surface area (Å²) in [6.07, 6.45) is 4.73. The van der Waals surface area contributed by atoms with Crippen LogP contribution in [0.15, 0.2) is 18.5 Å². The highest BCUT2D eigenvalue weighted by Gasteiger charge is 2.15. The third-order valence-corrected chi connectivity index (χ3v) is 2.59. The average Bonchev–Trinajstić information content (AvgIpc) is 2.38. The smallest absolute Gasteiger partial charge is 0.255 e. The van der Waals surface area contributed by atoms with E-state index in [4.69, 9.17) is 10.5 Å². The first-order chi connectivity index (χ1) is 8.22. The molecule has 0 fully saturated rings. The van der Waals surface area contributed by atoms with E-state index in [1.807, 2.05) is 6.92 Å². The van der Waals surface area contributed by atoms with E-state index in [0.29, 0.717) is 17.9 Å². The van der Waals surface area contributed by atoms with Crippen molar-refractivity contribution in [2.24, 2.45) is 5.73 Å². The van der Waals surface area contributed by atoms with Gasteiger partial charge >= 0.3 is 0 Å². The Morgan fingerprint density at radius 3 is 3.00 bits per heavy atom. The van der Waals surface area contributed by atoms with Gasteiger partial charge in [-0.15, -0.1) is 0 Å². The summed E-state index contributed by atoms with van der Waals surface area (Å²) < 4.78 is 5.09. The Kier molecular flexibility index (Phi) is 5.42. The number of methoxy groups -OCH3 is 1. The van der Waals surface area contributed by atoms with Gasteiger partial charge in [-0.1, -0.05) is 6.92 Å². The monoisotopic (exact) mass is 237 g/mol. The van der Waals surface area contributed by atoms with Gasteiger partial charge in [0.25, 0.3) is 5.91 Å². The summed E-state index contributed by atoms with van der Waals surface area (Å²) in [6, 6.07) is 1.74. The molecule has 0 bridgehead atoms. The Hall–Kier alpha value is -1.62. The first-order valence-corrected chi connectivity index (χ1v) is 5.71. The first-order valence-electron chi connectivity index (χ1n) is 5.71. The van der Waals surface area contributed by atoms with Crippen molar-refractivity contribution in [2.45, 2.75) is 25.8 Å². The van der Waals surface area contributed by atoms with E-state index >= 15 is 0 Å². The molecule has 1 unspecified atom stereocenters. The Morgan fingerprint density at radius 1 is 1.65 bits per heavy atom. The average molecular weight is 237 g/mol. The number of ether oxygens (including phenoxy) is 1. The molecule has 0 aliphatic rings. The lowest BCUT2D eigenvalue weighted by atomic mass is 10.1. The topological polar surface area (TPSA) is 77.2 Å². The summed E-state index contributed by atoms with van der Waals surface area (Å²) in [5.74, 6) is 0.331. The van der Waals surface area contributed by atoms with Gasteiger partial charge in [0.05, 0.1) is 18.9 Å². The van der Waals surface area contributed by atoms with Gasteiger partial charge in [-0.3, -0.25) is 9.78 Å². The summed E-state index contributed by atoms with van der Waals surface area (Å²) in [7, 11) is 1.52. The van der Waals surface area contributed by atoms with Crippen LogP contribution in [0.4, 0.5) is 0 Å². The molecule has 0 saturated carbocycles. The number of hydrogen-bond donors (Lipinski definition) is 2. The molecule has 3 N–H and O–H groups in total. The highest BCUT2D eigenvalue weighted by atomic mass is 16.5. The minimum Gasteiger partial charge on any atom is -0.494 e. The molecule has 1 aromatic rings. The van der Waals surface area contributed by atoms with Crippen molar-refractivity contribution < 1.29 is 9.53 Å². The van der Waals surface area contributed by atoms with E-state index in [1.165, 1.54) is 13.3 Å². The number of hydrogen-bond acceptors (Lipinski definition) is 4. The third kappa shape index (κ3) is 3.71. The maximum absolute atomic E-state index is 12.0. The van der Waals surface area contributed by atoms with Crippen molar-refractivity contribution in [1.29, 1.82) is 0 Å². The van der Waals surface area contributed by atoms with Crippen molar-refractivity contribution >= 4 is 5.91 Å². The van der Waals surface area contributed by atoms with Gasteiger partial charge in [-0.2, -0.15) is 0 Å². The number of carbonyl (C=O) groups excluding carboxylic acids is 1. The van der Waals surface area contributed by atoms with E-state index in [9.17, 15) is 4.79 Å². The van der Waals surface area contributed by atoms with Gasteiger partial charge in [-0.25, -0.2) is 0 Å². The minimum absolute atomic E-state index is 0.102. The highest BCUT2D eigenvalue weighted by Crippen LogP contribution is 2.15. The van der Waals surface area contributed by atoms with Crippen molar-refractivity contribution in [2.75, 3.05) is 13.7 Å². The summed E-state index contributed by atoms with van der Waals surface area (Å²) in [5.41, 5.74) is 5.99. The second-order valence-corrected chi connectivity index (χ2v) is 3.73.